The van der Waals surface area contributed by atoms with Crippen molar-refractivity contribution in [3.05, 3.63) is 29.6 Å². The third-order valence-corrected chi connectivity index (χ3v) is 4.05. The number of aliphatic hydroxyl groups is 1. The lowest BCUT2D eigenvalue weighted by atomic mass is 10.1. The molecule has 0 aliphatic carbocycles. The molecular formula is C13H19FOS. The summed E-state index contributed by atoms with van der Waals surface area (Å²) in [6, 6.07) is 4.97. The average molecular weight is 242 g/mol. The van der Waals surface area contributed by atoms with Gasteiger partial charge in [0.15, 0.2) is 0 Å². The number of halogens is 1. The van der Waals surface area contributed by atoms with Crippen molar-refractivity contribution in [1.29, 1.82) is 0 Å². The molecule has 2 atom stereocenters. The fraction of sp³-hybridized carbons (Fsp3) is 0.538. The van der Waals surface area contributed by atoms with Gasteiger partial charge in [0.2, 0.25) is 0 Å². The summed E-state index contributed by atoms with van der Waals surface area (Å²) in [5.74, 6) is 1.25. The number of thioether (sulfide) groups is 1. The van der Waals surface area contributed by atoms with Crippen molar-refractivity contribution < 1.29 is 9.50 Å². The molecule has 16 heavy (non-hydrogen) atoms. The Morgan fingerprint density at radius 1 is 1.38 bits per heavy atom. The molecule has 1 unspecified atom stereocenters. The van der Waals surface area contributed by atoms with Crippen LogP contribution in [0.4, 0.5) is 4.39 Å². The summed E-state index contributed by atoms with van der Waals surface area (Å²) in [7, 11) is 0. The SMILES string of the molecule is CCC(C)CSc1cccc(F)c1[C@H](C)O. The van der Waals surface area contributed by atoms with Crippen molar-refractivity contribution >= 4 is 11.8 Å². The Balaban J connectivity index is 2.83. The zero-order chi connectivity index (χ0) is 12.1. The normalized spacial score (nSPS) is 14.8. The summed E-state index contributed by atoms with van der Waals surface area (Å²) in [6.07, 6.45) is 0.368. The molecule has 1 aromatic carbocycles. The topological polar surface area (TPSA) is 20.2 Å². The van der Waals surface area contributed by atoms with E-state index in [1.165, 1.54) is 6.07 Å². The van der Waals surface area contributed by atoms with Crippen LogP contribution < -0.4 is 0 Å². The van der Waals surface area contributed by atoms with Crippen LogP contribution in [0.5, 0.6) is 0 Å². The van der Waals surface area contributed by atoms with Gasteiger partial charge in [-0.15, -0.1) is 11.8 Å². The standard InChI is InChI=1S/C13H19FOS/c1-4-9(2)8-16-12-7-5-6-11(14)13(12)10(3)15/h5-7,9-10,15H,4,8H2,1-3H3/t9?,10-/m0/s1. The first-order valence-corrected chi connectivity index (χ1v) is 6.64. The molecule has 0 amide bonds. The van der Waals surface area contributed by atoms with E-state index in [0.29, 0.717) is 11.5 Å². The molecule has 0 aromatic heterocycles. The first-order chi connectivity index (χ1) is 7.56. The Labute approximate surface area is 101 Å². The van der Waals surface area contributed by atoms with Crippen LogP contribution in [0.2, 0.25) is 0 Å². The van der Waals surface area contributed by atoms with E-state index in [2.05, 4.69) is 13.8 Å². The molecule has 0 spiro atoms. The molecule has 0 heterocycles. The molecule has 0 radical (unpaired) electrons. The minimum absolute atomic E-state index is 0.316. The summed E-state index contributed by atoms with van der Waals surface area (Å²) < 4.78 is 13.5. The van der Waals surface area contributed by atoms with Crippen molar-refractivity contribution in [3.8, 4) is 0 Å². The quantitative estimate of drug-likeness (QED) is 0.787. The van der Waals surface area contributed by atoms with Crippen molar-refractivity contribution in [2.45, 2.75) is 38.2 Å². The Morgan fingerprint density at radius 3 is 2.62 bits per heavy atom. The maximum Gasteiger partial charge on any atom is 0.130 e. The molecule has 1 N–H and O–H groups in total. The average Bonchev–Trinajstić information content (AvgIpc) is 2.25. The largest absolute Gasteiger partial charge is 0.389 e. The first kappa shape index (κ1) is 13.5. The van der Waals surface area contributed by atoms with Crippen LogP contribution in [-0.4, -0.2) is 10.9 Å². The van der Waals surface area contributed by atoms with E-state index in [1.807, 2.05) is 6.07 Å². The maximum absolute atomic E-state index is 13.5. The summed E-state index contributed by atoms with van der Waals surface area (Å²) >= 11 is 1.62. The van der Waals surface area contributed by atoms with Crippen LogP contribution in [0, 0.1) is 11.7 Å². The molecule has 1 nitrogen and oxygen atoms in total. The van der Waals surface area contributed by atoms with Crippen molar-refractivity contribution in [3.63, 3.8) is 0 Å². The summed E-state index contributed by atoms with van der Waals surface area (Å²) in [4.78, 5) is 0.857. The molecule has 0 bridgehead atoms. The lowest BCUT2D eigenvalue weighted by Gasteiger charge is -2.14. The molecule has 0 saturated heterocycles. The molecule has 0 aliphatic heterocycles. The van der Waals surface area contributed by atoms with Gasteiger partial charge in [0, 0.05) is 16.2 Å². The lowest BCUT2D eigenvalue weighted by molar-refractivity contribution is 0.191. The predicted molar refractivity (Wildman–Crippen MR) is 67.2 cm³/mol. The van der Waals surface area contributed by atoms with Crippen molar-refractivity contribution in [2.24, 2.45) is 5.92 Å². The summed E-state index contributed by atoms with van der Waals surface area (Å²) in [6.45, 7) is 5.92. The summed E-state index contributed by atoms with van der Waals surface area (Å²) in [5, 5.41) is 9.55. The number of aliphatic hydroxyl groups excluding tert-OH is 1. The third-order valence-electron chi connectivity index (χ3n) is 2.65. The van der Waals surface area contributed by atoms with E-state index in [1.54, 1.807) is 24.8 Å². The fourth-order valence-electron chi connectivity index (χ4n) is 1.40. The van der Waals surface area contributed by atoms with Crippen LogP contribution in [0.3, 0.4) is 0 Å². The predicted octanol–water partition coefficient (Wildman–Crippen LogP) is 4.02. The number of rotatable bonds is 5. The van der Waals surface area contributed by atoms with Crippen molar-refractivity contribution in [1.82, 2.24) is 0 Å². The second-order valence-electron chi connectivity index (χ2n) is 4.15. The van der Waals surface area contributed by atoms with Gasteiger partial charge in [-0.05, 0) is 25.0 Å². The molecule has 0 aliphatic rings. The summed E-state index contributed by atoms with van der Waals surface area (Å²) in [5.41, 5.74) is 0.427. The van der Waals surface area contributed by atoms with E-state index in [-0.39, 0.29) is 5.82 Å². The molecule has 90 valence electrons. The molecule has 1 aromatic rings. The minimum Gasteiger partial charge on any atom is -0.389 e. The molecule has 1 rings (SSSR count). The monoisotopic (exact) mass is 242 g/mol. The maximum atomic E-state index is 13.5. The van der Waals surface area contributed by atoms with E-state index in [9.17, 15) is 9.50 Å². The van der Waals surface area contributed by atoms with E-state index < -0.39 is 6.10 Å². The highest BCUT2D eigenvalue weighted by atomic mass is 32.2. The lowest BCUT2D eigenvalue weighted by Crippen LogP contribution is -2.01. The van der Waals surface area contributed by atoms with E-state index in [4.69, 9.17) is 0 Å². The van der Waals surface area contributed by atoms with Gasteiger partial charge in [-0.25, -0.2) is 4.39 Å². The minimum atomic E-state index is -0.749. The van der Waals surface area contributed by atoms with Crippen LogP contribution in [0.1, 0.15) is 38.9 Å². The second kappa shape index (κ2) is 6.26. The van der Waals surface area contributed by atoms with Crippen LogP contribution >= 0.6 is 11.8 Å². The number of hydrogen-bond donors (Lipinski definition) is 1. The van der Waals surface area contributed by atoms with Gasteiger partial charge >= 0.3 is 0 Å². The molecule has 0 saturated carbocycles. The molecular weight excluding hydrogens is 223 g/mol. The highest BCUT2D eigenvalue weighted by Gasteiger charge is 2.14. The van der Waals surface area contributed by atoms with Crippen LogP contribution in [0.25, 0.3) is 0 Å². The fourth-order valence-corrected chi connectivity index (χ4v) is 2.70. The third kappa shape index (κ3) is 3.49. The van der Waals surface area contributed by atoms with E-state index >= 15 is 0 Å². The van der Waals surface area contributed by atoms with E-state index in [0.717, 1.165) is 17.1 Å². The Kier molecular flexibility index (Phi) is 5.29. The van der Waals surface area contributed by atoms with Gasteiger partial charge in [0.1, 0.15) is 5.82 Å². The van der Waals surface area contributed by atoms with Gasteiger partial charge in [-0.3, -0.25) is 0 Å². The zero-order valence-corrected chi connectivity index (χ0v) is 10.9. The van der Waals surface area contributed by atoms with Crippen molar-refractivity contribution in [2.75, 3.05) is 5.75 Å². The molecule has 3 heteroatoms. The Hall–Kier alpha value is -0.540. The van der Waals surface area contributed by atoms with Gasteiger partial charge in [0.05, 0.1) is 6.10 Å². The van der Waals surface area contributed by atoms with Crippen LogP contribution in [0.15, 0.2) is 23.1 Å². The highest BCUT2D eigenvalue weighted by Crippen LogP contribution is 2.31. The van der Waals surface area contributed by atoms with Gasteiger partial charge in [-0.1, -0.05) is 26.3 Å². The van der Waals surface area contributed by atoms with Gasteiger partial charge in [0.25, 0.3) is 0 Å². The first-order valence-electron chi connectivity index (χ1n) is 5.65. The Morgan fingerprint density at radius 2 is 2.06 bits per heavy atom. The Bertz CT molecular complexity index is 339. The highest BCUT2D eigenvalue weighted by molar-refractivity contribution is 7.99. The zero-order valence-electron chi connectivity index (χ0n) is 10.0. The van der Waals surface area contributed by atoms with Gasteiger partial charge in [-0.2, -0.15) is 0 Å². The van der Waals surface area contributed by atoms with Gasteiger partial charge < -0.3 is 5.11 Å². The second-order valence-corrected chi connectivity index (χ2v) is 5.21. The number of benzene rings is 1. The molecule has 0 fully saturated rings. The van der Waals surface area contributed by atoms with Crippen LogP contribution in [-0.2, 0) is 0 Å². The number of hydrogen-bond acceptors (Lipinski definition) is 2. The smallest absolute Gasteiger partial charge is 0.130 e.